The van der Waals surface area contributed by atoms with Crippen molar-refractivity contribution in [2.24, 2.45) is 0 Å². The van der Waals surface area contributed by atoms with E-state index in [-0.39, 0.29) is 0 Å². The standard InChI is InChI=1S/C11H14N2/c1-9-8-10(12)4-5-11(9)13-6-2-3-7-13/h2-5,8H,6-7,12H2,1H3. The Hall–Kier alpha value is -1.44. The van der Waals surface area contributed by atoms with Crippen LogP contribution in [0.4, 0.5) is 11.4 Å². The highest BCUT2D eigenvalue weighted by atomic mass is 15.1. The van der Waals surface area contributed by atoms with Crippen LogP contribution in [0.25, 0.3) is 0 Å². The zero-order valence-electron chi connectivity index (χ0n) is 7.83. The van der Waals surface area contributed by atoms with Crippen molar-refractivity contribution < 1.29 is 0 Å². The van der Waals surface area contributed by atoms with Gasteiger partial charge < -0.3 is 10.6 Å². The van der Waals surface area contributed by atoms with Crippen LogP contribution in [0.1, 0.15) is 5.56 Å². The Balaban J connectivity index is 2.30. The van der Waals surface area contributed by atoms with E-state index in [2.05, 4.69) is 30.0 Å². The van der Waals surface area contributed by atoms with Crippen LogP contribution >= 0.6 is 0 Å². The number of hydrogen-bond donors (Lipinski definition) is 1. The number of benzene rings is 1. The molecule has 2 nitrogen and oxygen atoms in total. The molecule has 68 valence electrons. The van der Waals surface area contributed by atoms with Crippen molar-refractivity contribution in [3.63, 3.8) is 0 Å². The van der Waals surface area contributed by atoms with Crippen LogP contribution in [-0.2, 0) is 0 Å². The van der Waals surface area contributed by atoms with Gasteiger partial charge in [-0.05, 0) is 30.7 Å². The number of rotatable bonds is 1. The number of aryl methyl sites for hydroxylation is 1. The van der Waals surface area contributed by atoms with Gasteiger partial charge in [0.05, 0.1) is 0 Å². The third kappa shape index (κ3) is 1.52. The summed E-state index contributed by atoms with van der Waals surface area (Å²) in [4.78, 5) is 2.33. The molecule has 0 aromatic heterocycles. The zero-order valence-corrected chi connectivity index (χ0v) is 7.83. The molecule has 1 aromatic rings. The smallest absolute Gasteiger partial charge is 0.0403 e. The van der Waals surface area contributed by atoms with Gasteiger partial charge >= 0.3 is 0 Å². The summed E-state index contributed by atoms with van der Waals surface area (Å²) in [6.07, 6.45) is 4.38. The van der Waals surface area contributed by atoms with Crippen molar-refractivity contribution in [1.82, 2.24) is 0 Å². The monoisotopic (exact) mass is 174 g/mol. The highest BCUT2D eigenvalue weighted by Gasteiger charge is 2.09. The summed E-state index contributed by atoms with van der Waals surface area (Å²) < 4.78 is 0. The summed E-state index contributed by atoms with van der Waals surface area (Å²) in [6.45, 7) is 4.14. The number of hydrogen-bond acceptors (Lipinski definition) is 2. The Morgan fingerprint density at radius 1 is 1.23 bits per heavy atom. The molecule has 1 aliphatic heterocycles. The normalized spacial score (nSPS) is 15.3. The average molecular weight is 174 g/mol. The van der Waals surface area contributed by atoms with Gasteiger partial charge in [0.15, 0.2) is 0 Å². The van der Waals surface area contributed by atoms with Gasteiger partial charge in [-0.2, -0.15) is 0 Å². The van der Waals surface area contributed by atoms with Gasteiger partial charge in [0.25, 0.3) is 0 Å². The maximum atomic E-state index is 5.69. The van der Waals surface area contributed by atoms with Gasteiger partial charge in [-0.25, -0.2) is 0 Å². The third-order valence-electron chi connectivity index (χ3n) is 2.38. The highest BCUT2D eigenvalue weighted by molar-refractivity contribution is 5.60. The minimum Gasteiger partial charge on any atom is -0.399 e. The Labute approximate surface area is 78.7 Å². The van der Waals surface area contributed by atoms with Crippen molar-refractivity contribution in [2.45, 2.75) is 6.92 Å². The summed E-state index contributed by atoms with van der Waals surface area (Å²) in [6, 6.07) is 6.08. The fourth-order valence-corrected chi connectivity index (χ4v) is 1.71. The van der Waals surface area contributed by atoms with E-state index in [1.54, 1.807) is 0 Å². The molecule has 0 radical (unpaired) electrons. The molecule has 0 saturated carbocycles. The molecule has 2 rings (SSSR count). The van der Waals surface area contributed by atoms with Crippen LogP contribution < -0.4 is 10.6 Å². The minimum atomic E-state index is 0.841. The molecular formula is C11H14N2. The summed E-state index contributed by atoms with van der Waals surface area (Å²) in [7, 11) is 0. The zero-order chi connectivity index (χ0) is 9.26. The minimum absolute atomic E-state index is 0.841. The number of nitrogens with zero attached hydrogens (tertiary/aromatic N) is 1. The lowest BCUT2D eigenvalue weighted by atomic mass is 10.1. The molecule has 0 unspecified atom stereocenters. The summed E-state index contributed by atoms with van der Waals surface area (Å²) in [5.74, 6) is 0. The van der Waals surface area contributed by atoms with Crippen molar-refractivity contribution in [2.75, 3.05) is 23.7 Å². The molecule has 0 fully saturated rings. The molecule has 1 aromatic carbocycles. The first kappa shape index (κ1) is 8.17. The largest absolute Gasteiger partial charge is 0.399 e. The molecule has 0 spiro atoms. The third-order valence-corrected chi connectivity index (χ3v) is 2.38. The molecule has 13 heavy (non-hydrogen) atoms. The van der Waals surface area contributed by atoms with E-state index in [9.17, 15) is 0 Å². The van der Waals surface area contributed by atoms with Crippen molar-refractivity contribution in [3.8, 4) is 0 Å². The lowest BCUT2D eigenvalue weighted by molar-refractivity contribution is 0.998. The fourth-order valence-electron chi connectivity index (χ4n) is 1.71. The Kier molecular flexibility index (Phi) is 1.97. The maximum Gasteiger partial charge on any atom is 0.0403 e. The first-order valence-electron chi connectivity index (χ1n) is 4.53. The van der Waals surface area contributed by atoms with Crippen molar-refractivity contribution >= 4 is 11.4 Å². The van der Waals surface area contributed by atoms with E-state index in [0.717, 1.165) is 18.8 Å². The van der Waals surface area contributed by atoms with Crippen LogP contribution in [0.2, 0.25) is 0 Å². The second kappa shape index (κ2) is 3.13. The molecule has 0 atom stereocenters. The van der Waals surface area contributed by atoms with Crippen LogP contribution in [0.15, 0.2) is 30.4 Å². The lowest BCUT2D eigenvalue weighted by Crippen LogP contribution is -2.19. The van der Waals surface area contributed by atoms with Gasteiger partial charge in [0.2, 0.25) is 0 Å². The van der Waals surface area contributed by atoms with Crippen LogP contribution in [0.5, 0.6) is 0 Å². The number of anilines is 2. The summed E-state index contributed by atoms with van der Waals surface area (Å²) >= 11 is 0. The Bertz CT molecular complexity index is 334. The first-order valence-corrected chi connectivity index (χ1v) is 4.53. The lowest BCUT2D eigenvalue weighted by Gasteiger charge is -2.20. The van der Waals surface area contributed by atoms with E-state index in [4.69, 9.17) is 5.73 Å². The molecule has 2 N–H and O–H groups in total. The van der Waals surface area contributed by atoms with E-state index in [1.807, 2.05) is 12.1 Å². The quantitative estimate of drug-likeness (QED) is 0.521. The molecule has 0 saturated heterocycles. The molecule has 1 heterocycles. The molecule has 0 bridgehead atoms. The van der Waals surface area contributed by atoms with Crippen LogP contribution in [0, 0.1) is 6.92 Å². The van der Waals surface area contributed by atoms with Crippen LogP contribution in [-0.4, -0.2) is 13.1 Å². The van der Waals surface area contributed by atoms with E-state index < -0.39 is 0 Å². The predicted octanol–water partition coefficient (Wildman–Crippen LogP) is 1.95. The highest BCUT2D eigenvalue weighted by Crippen LogP contribution is 2.23. The SMILES string of the molecule is Cc1cc(N)ccc1N1CC=CC1. The maximum absolute atomic E-state index is 5.69. The van der Waals surface area contributed by atoms with Gasteiger partial charge in [0, 0.05) is 24.5 Å². The van der Waals surface area contributed by atoms with Gasteiger partial charge in [0.1, 0.15) is 0 Å². The second-order valence-electron chi connectivity index (χ2n) is 3.42. The Morgan fingerprint density at radius 2 is 1.92 bits per heavy atom. The topological polar surface area (TPSA) is 29.3 Å². The second-order valence-corrected chi connectivity index (χ2v) is 3.42. The van der Waals surface area contributed by atoms with E-state index in [1.165, 1.54) is 11.3 Å². The molecule has 0 aliphatic carbocycles. The Morgan fingerprint density at radius 3 is 2.54 bits per heavy atom. The van der Waals surface area contributed by atoms with E-state index in [0.29, 0.717) is 0 Å². The van der Waals surface area contributed by atoms with Crippen LogP contribution in [0.3, 0.4) is 0 Å². The number of nitrogens with two attached hydrogens (primary N) is 1. The molecule has 1 aliphatic rings. The summed E-state index contributed by atoms with van der Waals surface area (Å²) in [5.41, 5.74) is 9.08. The average Bonchev–Trinajstić information content (AvgIpc) is 2.56. The van der Waals surface area contributed by atoms with Crippen molar-refractivity contribution in [1.29, 1.82) is 0 Å². The van der Waals surface area contributed by atoms with Gasteiger partial charge in [-0.15, -0.1) is 0 Å². The predicted molar refractivity (Wildman–Crippen MR) is 56.9 cm³/mol. The van der Waals surface area contributed by atoms with Gasteiger partial charge in [-0.1, -0.05) is 12.2 Å². The first-order chi connectivity index (χ1) is 6.27. The van der Waals surface area contributed by atoms with E-state index >= 15 is 0 Å². The summed E-state index contributed by atoms with van der Waals surface area (Å²) in [5, 5.41) is 0. The fraction of sp³-hybridized carbons (Fsp3) is 0.273. The van der Waals surface area contributed by atoms with Gasteiger partial charge in [-0.3, -0.25) is 0 Å². The molecule has 0 amide bonds. The molecular weight excluding hydrogens is 160 g/mol. The van der Waals surface area contributed by atoms with Crippen molar-refractivity contribution in [3.05, 3.63) is 35.9 Å². The molecule has 2 heteroatoms. The number of nitrogen functional groups attached to an aromatic ring is 1.